The van der Waals surface area contributed by atoms with Gasteiger partial charge in [0.1, 0.15) is 5.75 Å². The second-order valence-electron chi connectivity index (χ2n) is 3.94. The molecule has 0 aliphatic rings. The largest absolute Gasteiger partial charge is 0.497 e. The second-order valence-corrected chi connectivity index (χ2v) is 3.94. The summed E-state index contributed by atoms with van der Waals surface area (Å²) in [5, 5.41) is 0.810. The topological polar surface area (TPSA) is 70.4 Å². The molecule has 0 saturated carbocycles. The molecule has 0 saturated heterocycles. The van der Waals surface area contributed by atoms with Gasteiger partial charge in [-0.25, -0.2) is 9.78 Å². The molecule has 0 bridgehead atoms. The van der Waals surface area contributed by atoms with Crippen LogP contribution in [0.3, 0.4) is 0 Å². The molecule has 0 aliphatic heterocycles. The third-order valence-electron chi connectivity index (χ3n) is 2.84. The van der Waals surface area contributed by atoms with Crippen LogP contribution in [0, 0.1) is 0 Å². The summed E-state index contributed by atoms with van der Waals surface area (Å²) < 4.78 is 11.1. The lowest BCUT2D eigenvalue weighted by Gasteiger charge is -2.09. The molecule has 0 fully saturated rings. The number of esters is 1. The first kappa shape index (κ1) is 13.1. The van der Waals surface area contributed by atoms with Crippen molar-refractivity contribution in [2.45, 2.75) is 13.0 Å². The van der Waals surface area contributed by atoms with Crippen LogP contribution in [0.4, 0.5) is 0 Å². The van der Waals surface area contributed by atoms with E-state index in [1.165, 1.54) is 17.9 Å². The minimum absolute atomic E-state index is 0.119. The number of rotatable bonds is 4. The van der Waals surface area contributed by atoms with Crippen molar-refractivity contribution in [2.24, 2.45) is 0 Å². The Morgan fingerprint density at radius 3 is 2.84 bits per heavy atom. The van der Waals surface area contributed by atoms with E-state index in [9.17, 15) is 9.59 Å². The van der Waals surface area contributed by atoms with Crippen molar-refractivity contribution in [3.63, 3.8) is 0 Å². The number of aryl methyl sites for hydroxylation is 1. The first-order valence-electron chi connectivity index (χ1n) is 5.76. The number of hydrogen-bond donors (Lipinski definition) is 0. The minimum Gasteiger partial charge on any atom is -0.497 e. The molecule has 2 rings (SSSR count). The highest BCUT2D eigenvalue weighted by molar-refractivity contribution is 5.79. The van der Waals surface area contributed by atoms with Crippen molar-refractivity contribution in [2.75, 3.05) is 14.2 Å². The van der Waals surface area contributed by atoms with E-state index in [2.05, 4.69) is 9.72 Å². The van der Waals surface area contributed by atoms with Gasteiger partial charge in [0.2, 0.25) is 0 Å². The summed E-state index contributed by atoms with van der Waals surface area (Å²) in [5.74, 6) is 0.275. The summed E-state index contributed by atoms with van der Waals surface area (Å²) in [6.45, 7) is 0.225. The quantitative estimate of drug-likeness (QED) is 0.768. The SMILES string of the molecule is COC(=O)CCn1c(=O)ncc2ccc(OC)cc21. The van der Waals surface area contributed by atoms with Crippen molar-refractivity contribution >= 4 is 16.9 Å². The van der Waals surface area contributed by atoms with E-state index in [-0.39, 0.29) is 18.9 Å². The average Bonchev–Trinajstić information content (AvgIpc) is 2.45. The van der Waals surface area contributed by atoms with Crippen LogP contribution in [0.25, 0.3) is 10.9 Å². The molecule has 0 spiro atoms. The lowest BCUT2D eigenvalue weighted by atomic mass is 10.2. The molecule has 0 unspecified atom stereocenters. The van der Waals surface area contributed by atoms with Crippen LogP contribution in [-0.2, 0) is 16.1 Å². The summed E-state index contributed by atoms with van der Waals surface area (Å²) >= 11 is 0. The molecule has 1 aromatic heterocycles. The molecule has 100 valence electrons. The second kappa shape index (κ2) is 5.51. The summed E-state index contributed by atoms with van der Waals surface area (Å²) in [6.07, 6.45) is 1.63. The number of hydrogen-bond acceptors (Lipinski definition) is 5. The molecule has 19 heavy (non-hydrogen) atoms. The lowest BCUT2D eigenvalue weighted by molar-refractivity contribution is -0.140. The fourth-order valence-corrected chi connectivity index (χ4v) is 1.81. The van der Waals surface area contributed by atoms with E-state index in [0.29, 0.717) is 11.3 Å². The number of carbonyl (C=O) groups excluding carboxylic acids is 1. The minimum atomic E-state index is -0.398. The zero-order chi connectivity index (χ0) is 13.8. The molecule has 1 aromatic carbocycles. The van der Waals surface area contributed by atoms with Crippen LogP contribution in [0.5, 0.6) is 5.75 Å². The van der Waals surface area contributed by atoms with E-state index < -0.39 is 5.69 Å². The Balaban J connectivity index is 2.47. The van der Waals surface area contributed by atoms with Crippen molar-refractivity contribution < 1.29 is 14.3 Å². The maximum Gasteiger partial charge on any atom is 0.348 e. The van der Waals surface area contributed by atoms with Crippen molar-refractivity contribution in [1.82, 2.24) is 9.55 Å². The van der Waals surface area contributed by atoms with Crippen LogP contribution >= 0.6 is 0 Å². The number of benzene rings is 1. The van der Waals surface area contributed by atoms with Gasteiger partial charge in [0.05, 0.1) is 26.2 Å². The number of fused-ring (bicyclic) bond motifs is 1. The van der Waals surface area contributed by atoms with E-state index in [1.54, 1.807) is 19.2 Å². The molecular formula is C13H14N2O4. The molecule has 0 N–H and O–H groups in total. The zero-order valence-corrected chi connectivity index (χ0v) is 10.8. The standard InChI is InChI=1S/C13H14N2O4/c1-18-10-4-3-9-8-14-13(17)15(11(9)7-10)6-5-12(16)19-2/h3-4,7-8H,5-6H2,1-2H3. The highest BCUT2D eigenvalue weighted by atomic mass is 16.5. The van der Waals surface area contributed by atoms with Gasteiger partial charge in [-0.05, 0) is 12.1 Å². The van der Waals surface area contributed by atoms with Gasteiger partial charge in [0, 0.05) is 24.2 Å². The summed E-state index contributed by atoms with van der Waals surface area (Å²) in [6, 6.07) is 5.35. The van der Waals surface area contributed by atoms with Crippen LogP contribution in [0.1, 0.15) is 6.42 Å². The van der Waals surface area contributed by atoms with Crippen LogP contribution < -0.4 is 10.4 Å². The van der Waals surface area contributed by atoms with E-state index in [0.717, 1.165) is 5.39 Å². The van der Waals surface area contributed by atoms with E-state index in [1.807, 2.05) is 6.07 Å². The number of ether oxygens (including phenoxy) is 2. The lowest BCUT2D eigenvalue weighted by Crippen LogP contribution is -2.24. The molecule has 0 radical (unpaired) electrons. The van der Waals surface area contributed by atoms with Gasteiger partial charge in [0.25, 0.3) is 0 Å². The summed E-state index contributed by atoms with van der Waals surface area (Å²) in [5.41, 5.74) is 0.285. The fourth-order valence-electron chi connectivity index (χ4n) is 1.81. The van der Waals surface area contributed by atoms with Gasteiger partial charge < -0.3 is 9.47 Å². The van der Waals surface area contributed by atoms with Crippen LogP contribution in [0.2, 0.25) is 0 Å². The van der Waals surface area contributed by atoms with Crippen molar-refractivity contribution in [1.29, 1.82) is 0 Å². The first-order chi connectivity index (χ1) is 9.15. The Morgan fingerprint density at radius 1 is 1.37 bits per heavy atom. The Labute approximate surface area is 109 Å². The number of carbonyl (C=O) groups is 1. The van der Waals surface area contributed by atoms with Gasteiger partial charge in [-0.2, -0.15) is 0 Å². The van der Waals surface area contributed by atoms with Gasteiger partial charge in [-0.3, -0.25) is 9.36 Å². The third-order valence-corrected chi connectivity index (χ3v) is 2.84. The predicted octanol–water partition coefficient (Wildman–Crippen LogP) is 0.968. The number of nitrogens with zero attached hydrogens (tertiary/aromatic N) is 2. The Kier molecular flexibility index (Phi) is 3.79. The van der Waals surface area contributed by atoms with Gasteiger partial charge in [-0.15, -0.1) is 0 Å². The van der Waals surface area contributed by atoms with Crippen LogP contribution in [0.15, 0.2) is 29.2 Å². The highest BCUT2D eigenvalue weighted by Gasteiger charge is 2.08. The molecule has 6 nitrogen and oxygen atoms in total. The fraction of sp³-hybridized carbons (Fsp3) is 0.308. The summed E-state index contributed by atoms with van der Waals surface area (Å²) in [7, 11) is 2.87. The predicted molar refractivity (Wildman–Crippen MR) is 69.2 cm³/mol. The number of aromatic nitrogens is 2. The third kappa shape index (κ3) is 2.73. The molecule has 0 aliphatic carbocycles. The zero-order valence-electron chi connectivity index (χ0n) is 10.8. The van der Waals surface area contributed by atoms with E-state index >= 15 is 0 Å². The molecule has 0 amide bonds. The van der Waals surface area contributed by atoms with Gasteiger partial charge in [-0.1, -0.05) is 0 Å². The first-order valence-corrected chi connectivity index (χ1v) is 5.76. The normalized spacial score (nSPS) is 10.4. The maximum atomic E-state index is 11.8. The molecule has 2 aromatic rings. The molecular weight excluding hydrogens is 248 g/mol. The maximum absolute atomic E-state index is 11.8. The van der Waals surface area contributed by atoms with Gasteiger partial charge in [0.15, 0.2) is 0 Å². The van der Waals surface area contributed by atoms with Gasteiger partial charge >= 0.3 is 11.7 Å². The van der Waals surface area contributed by atoms with Crippen molar-refractivity contribution in [3.05, 3.63) is 34.9 Å². The van der Waals surface area contributed by atoms with E-state index in [4.69, 9.17) is 4.74 Å². The molecule has 0 atom stereocenters. The van der Waals surface area contributed by atoms with Crippen molar-refractivity contribution in [3.8, 4) is 5.75 Å². The monoisotopic (exact) mass is 262 g/mol. The molecule has 1 heterocycles. The summed E-state index contributed by atoms with van der Waals surface area (Å²) in [4.78, 5) is 26.7. The highest BCUT2D eigenvalue weighted by Crippen LogP contribution is 2.18. The Morgan fingerprint density at radius 2 is 2.16 bits per heavy atom. The average molecular weight is 262 g/mol. The smallest absolute Gasteiger partial charge is 0.348 e. The number of methoxy groups -OCH3 is 2. The van der Waals surface area contributed by atoms with Crippen LogP contribution in [-0.4, -0.2) is 29.7 Å². The Hall–Kier alpha value is -2.37. The molecule has 6 heteroatoms. The Bertz CT molecular complexity index is 663.